The average molecular weight is 518 g/mol. The fourth-order valence-electron chi connectivity index (χ4n) is 3.79. The first-order valence-electron chi connectivity index (χ1n) is 10.8. The lowest BCUT2D eigenvalue weighted by Gasteiger charge is -2.15. The number of hydrogen-bond acceptors (Lipinski definition) is 5. The molecule has 0 saturated carbocycles. The van der Waals surface area contributed by atoms with Crippen LogP contribution < -0.4 is 14.4 Å². The normalized spacial score (nSPS) is 14.7. The quantitative estimate of drug-likeness (QED) is 0.196. The van der Waals surface area contributed by atoms with E-state index in [1.807, 2.05) is 42.5 Å². The highest BCUT2D eigenvalue weighted by Crippen LogP contribution is 2.38. The van der Waals surface area contributed by atoms with E-state index in [9.17, 15) is 4.79 Å². The third kappa shape index (κ3) is 5.05. The third-order valence-corrected chi connectivity index (χ3v) is 7.18. The van der Waals surface area contributed by atoms with Crippen LogP contribution in [0, 0.1) is 0 Å². The van der Waals surface area contributed by atoms with E-state index in [0.29, 0.717) is 32.3 Å². The van der Waals surface area contributed by atoms with E-state index in [0.717, 1.165) is 16.9 Å². The number of rotatable bonds is 6. The molecule has 7 heteroatoms. The SMILES string of the molecule is COc1ccc(N2C(=O)/C(=C/c3ccc(OCc4ccc5ccccc5c4)cc3)SC2=S)cc1Cl. The van der Waals surface area contributed by atoms with Crippen molar-refractivity contribution in [2.24, 2.45) is 0 Å². The molecule has 5 rings (SSSR count). The molecule has 0 unspecified atom stereocenters. The molecular formula is C28H20ClNO3S2. The monoisotopic (exact) mass is 517 g/mol. The van der Waals surface area contributed by atoms with Crippen molar-refractivity contribution < 1.29 is 14.3 Å². The Morgan fingerprint density at radius 2 is 1.74 bits per heavy atom. The summed E-state index contributed by atoms with van der Waals surface area (Å²) in [6.45, 7) is 0.479. The highest BCUT2D eigenvalue weighted by Gasteiger charge is 2.33. The van der Waals surface area contributed by atoms with Crippen LogP contribution in [-0.2, 0) is 11.4 Å². The van der Waals surface area contributed by atoms with E-state index >= 15 is 0 Å². The van der Waals surface area contributed by atoms with E-state index < -0.39 is 0 Å². The van der Waals surface area contributed by atoms with Crippen LogP contribution in [0.3, 0.4) is 0 Å². The number of anilines is 1. The van der Waals surface area contributed by atoms with Gasteiger partial charge < -0.3 is 9.47 Å². The topological polar surface area (TPSA) is 38.8 Å². The molecule has 0 spiro atoms. The van der Waals surface area contributed by atoms with Crippen LogP contribution in [-0.4, -0.2) is 17.3 Å². The van der Waals surface area contributed by atoms with E-state index in [1.54, 1.807) is 25.3 Å². The molecule has 0 atom stereocenters. The molecule has 0 bridgehead atoms. The Balaban J connectivity index is 1.27. The summed E-state index contributed by atoms with van der Waals surface area (Å²) in [5.41, 5.74) is 2.60. The molecule has 4 aromatic rings. The minimum atomic E-state index is -0.183. The zero-order valence-corrected chi connectivity index (χ0v) is 21.1. The van der Waals surface area contributed by atoms with Crippen LogP contribution in [0.15, 0.2) is 89.8 Å². The zero-order valence-electron chi connectivity index (χ0n) is 18.7. The molecule has 1 heterocycles. The van der Waals surface area contributed by atoms with Crippen LogP contribution in [0.1, 0.15) is 11.1 Å². The van der Waals surface area contributed by atoms with E-state index in [4.69, 9.17) is 33.3 Å². The summed E-state index contributed by atoms with van der Waals surface area (Å²) in [6, 6.07) is 27.4. The van der Waals surface area contributed by atoms with Gasteiger partial charge in [-0.25, -0.2) is 0 Å². The van der Waals surface area contributed by atoms with Crippen molar-refractivity contribution in [1.82, 2.24) is 0 Å². The van der Waals surface area contributed by atoms with Crippen molar-refractivity contribution in [3.05, 3.63) is 106 Å². The lowest BCUT2D eigenvalue weighted by molar-refractivity contribution is -0.113. The number of ether oxygens (including phenoxy) is 2. The van der Waals surface area contributed by atoms with Gasteiger partial charge in [-0.1, -0.05) is 84.1 Å². The van der Waals surface area contributed by atoms with Gasteiger partial charge in [0.15, 0.2) is 4.32 Å². The van der Waals surface area contributed by atoms with Gasteiger partial charge in [0.2, 0.25) is 0 Å². The Bertz CT molecular complexity index is 1470. The van der Waals surface area contributed by atoms with Gasteiger partial charge in [-0.05, 0) is 64.4 Å². The number of methoxy groups -OCH3 is 1. The fourth-order valence-corrected chi connectivity index (χ4v) is 5.34. The van der Waals surface area contributed by atoms with E-state index in [-0.39, 0.29) is 5.91 Å². The average Bonchev–Trinajstić information content (AvgIpc) is 3.15. The number of nitrogens with zero attached hydrogens (tertiary/aromatic N) is 1. The molecule has 4 aromatic carbocycles. The van der Waals surface area contributed by atoms with E-state index in [2.05, 4.69) is 30.3 Å². The van der Waals surface area contributed by atoms with Gasteiger partial charge in [-0.2, -0.15) is 0 Å². The first kappa shape index (κ1) is 23.4. The molecule has 1 saturated heterocycles. The van der Waals surface area contributed by atoms with Crippen molar-refractivity contribution in [3.63, 3.8) is 0 Å². The van der Waals surface area contributed by atoms with Crippen LogP contribution in [0.4, 0.5) is 5.69 Å². The third-order valence-electron chi connectivity index (χ3n) is 5.58. The number of halogens is 1. The second kappa shape index (κ2) is 10.1. The largest absolute Gasteiger partial charge is 0.495 e. The lowest BCUT2D eigenvalue weighted by Crippen LogP contribution is -2.27. The van der Waals surface area contributed by atoms with Crippen molar-refractivity contribution in [2.45, 2.75) is 6.61 Å². The fraction of sp³-hybridized carbons (Fsp3) is 0.0714. The molecule has 1 amide bonds. The number of hydrogen-bond donors (Lipinski definition) is 0. The van der Waals surface area contributed by atoms with Crippen molar-refractivity contribution >= 4 is 68.3 Å². The molecule has 1 aliphatic heterocycles. The Morgan fingerprint density at radius 1 is 0.971 bits per heavy atom. The molecule has 1 aliphatic rings. The van der Waals surface area contributed by atoms with Gasteiger partial charge >= 0.3 is 0 Å². The molecule has 35 heavy (non-hydrogen) atoms. The van der Waals surface area contributed by atoms with Gasteiger partial charge in [-0.15, -0.1) is 0 Å². The predicted molar refractivity (Wildman–Crippen MR) is 148 cm³/mol. The second-order valence-corrected chi connectivity index (χ2v) is 9.96. The minimum absolute atomic E-state index is 0.183. The predicted octanol–water partition coefficient (Wildman–Crippen LogP) is 7.49. The first-order valence-corrected chi connectivity index (χ1v) is 12.4. The first-order chi connectivity index (χ1) is 17.0. The molecule has 174 valence electrons. The molecule has 0 N–H and O–H groups in total. The number of fused-ring (bicyclic) bond motifs is 1. The van der Waals surface area contributed by atoms with Crippen LogP contribution in [0.2, 0.25) is 5.02 Å². The van der Waals surface area contributed by atoms with Gasteiger partial charge in [-0.3, -0.25) is 9.69 Å². The van der Waals surface area contributed by atoms with Gasteiger partial charge in [0.25, 0.3) is 5.91 Å². The number of thiocarbonyl (C=S) groups is 1. The van der Waals surface area contributed by atoms with Crippen molar-refractivity contribution in [1.29, 1.82) is 0 Å². The summed E-state index contributed by atoms with van der Waals surface area (Å²) >= 11 is 13.0. The highest BCUT2D eigenvalue weighted by molar-refractivity contribution is 8.27. The Kier molecular flexibility index (Phi) is 6.77. The molecule has 0 radical (unpaired) electrons. The van der Waals surface area contributed by atoms with Crippen LogP contribution in [0.25, 0.3) is 16.8 Å². The maximum Gasteiger partial charge on any atom is 0.270 e. The van der Waals surface area contributed by atoms with Gasteiger partial charge in [0.05, 0.1) is 22.7 Å². The number of carbonyl (C=O) groups is 1. The summed E-state index contributed by atoms with van der Waals surface area (Å²) in [7, 11) is 1.54. The summed E-state index contributed by atoms with van der Waals surface area (Å²) < 4.78 is 11.6. The van der Waals surface area contributed by atoms with Crippen LogP contribution in [0.5, 0.6) is 11.5 Å². The Labute approximate surface area is 218 Å². The molecule has 1 fully saturated rings. The number of thioether (sulfide) groups is 1. The van der Waals surface area contributed by atoms with Crippen LogP contribution >= 0.6 is 35.6 Å². The van der Waals surface area contributed by atoms with Gasteiger partial charge in [0, 0.05) is 0 Å². The molecule has 0 aromatic heterocycles. The summed E-state index contributed by atoms with van der Waals surface area (Å²) in [6.07, 6.45) is 1.83. The van der Waals surface area contributed by atoms with Crippen molar-refractivity contribution in [2.75, 3.05) is 12.0 Å². The summed E-state index contributed by atoms with van der Waals surface area (Å²) in [4.78, 5) is 15.1. The molecule has 4 nitrogen and oxygen atoms in total. The number of benzene rings is 4. The Morgan fingerprint density at radius 3 is 2.49 bits per heavy atom. The Hall–Kier alpha value is -3.32. The maximum atomic E-state index is 13.1. The smallest absolute Gasteiger partial charge is 0.270 e. The molecule has 0 aliphatic carbocycles. The summed E-state index contributed by atoms with van der Waals surface area (Å²) in [5.74, 6) is 1.12. The van der Waals surface area contributed by atoms with E-state index in [1.165, 1.54) is 27.4 Å². The number of carbonyl (C=O) groups excluding carboxylic acids is 1. The standard InChI is InChI=1S/C28H20ClNO3S2/c1-32-25-13-10-22(16-24(25)29)30-27(31)26(35-28(30)34)15-18-7-11-23(12-8-18)33-17-19-6-9-20-4-2-3-5-21(20)14-19/h2-16H,17H2,1H3/b26-15-. The summed E-state index contributed by atoms with van der Waals surface area (Å²) in [5, 5.41) is 2.82. The highest BCUT2D eigenvalue weighted by atomic mass is 35.5. The zero-order chi connectivity index (χ0) is 24.4. The number of amides is 1. The minimum Gasteiger partial charge on any atom is -0.495 e. The lowest BCUT2D eigenvalue weighted by atomic mass is 10.1. The molecular weight excluding hydrogens is 498 g/mol. The van der Waals surface area contributed by atoms with Gasteiger partial charge in [0.1, 0.15) is 18.1 Å². The van der Waals surface area contributed by atoms with Crippen molar-refractivity contribution in [3.8, 4) is 11.5 Å². The second-order valence-electron chi connectivity index (χ2n) is 7.88. The maximum absolute atomic E-state index is 13.1.